The average Bonchev–Trinajstić information content (AvgIpc) is 2.44. The Balaban J connectivity index is 2.05. The van der Waals surface area contributed by atoms with Crippen molar-refractivity contribution in [3.8, 4) is 5.75 Å². The smallest absolute Gasteiger partial charge is 0.122 e. The van der Waals surface area contributed by atoms with Crippen molar-refractivity contribution in [2.24, 2.45) is 0 Å². The highest BCUT2D eigenvalue weighted by Crippen LogP contribution is 2.23. The SMILES string of the molecule is COc1cc(C)nc(CN[C@H](C)c2ccccc2Br)c1. The molecule has 2 aromatic rings. The van der Waals surface area contributed by atoms with Gasteiger partial charge in [-0.2, -0.15) is 0 Å². The van der Waals surface area contributed by atoms with Crippen molar-refractivity contribution in [2.45, 2.75) is 26.4 Å². The van der Waals surface area contributed by atoms with Crippen LogP contribution >= 0.6 is 15.9 Å². The summed E-state index contributed by atoms with van der Waals surface area (Å²) in [7, 11) is 1.68. The Kier molecular flexibility index (Phi) is 5.15. The first-order chi connectivity index (χ1) is 9.60. The Morgan fingerprint density at radius 1 is 1.30 bits per heavy atom. The van der Waals surface area contributed by atoms with Crippen molar-refractivity contribution < 1.29 is 4.74 Å². The molecular weight excluding hydrogens is 316 g/mol. The summed E-state index contributed by atoms with van der Waals surface area (Å²) in [5.74, 6) is 0.850. The minimum atomic E-state index is 0.249. The summed E-state index contributed by atoms with van der Waals surface area (Å²) in [6.07, 6.45) is 0. The predicted molar refractivity (Wildman–Crippen MR) is 84.9 cm³/mol. The van der Waals surface area contributed by atoms with E-state index in [9.17, 15) is 0 Å². The van der Waals surface area contributed by atoms with E-state index in [2.05, 4.69) is 45.3 Å². The molecule has 1 N–H and O–H groups in total. The number of ether oxygens (including phenoxy) is 1. The van der Waals surface area contributed by atoms with E-state index in [-0.39, 0.29) is 6.04 Å². The third-order valence-corrected chi connectivity index (χ3v) is 3.90. The zero-order valence-corrected chi connectivity index (χ0v) is 13.6. The standard InChI is InChI=1S/C16H19BrN2O/c1-11-8-14(20-3)9-13(19-11)10-18-12(2)15-6-4-5-7-16(15)17/h4-9,12,18H,10H2,1-3H3/t12-/m1/s1. The van der Waals surface area contributed by atoms with E-state index in [0.29, 0.717) is 6.54 Å². The molecule has 106 valence electrons. The maximum atomic E-state index is 5.27. The van der Waals surface area contributed by atoms with Crippen LogP contribution < -0.4 is 10.1 Å². The second-order valence-corrected chi connectivity index (χ2v) is 5.62. The van der Waals surface area contributed by atoms with Gasteiger partial charge in [0.05, 0.1) is 12.8 Å². The van der Waals surface area contributed by atoms with Gasteiger partial charge in [0.1, 0.15) is 5.75 Å². The molecule has 0 bridgehead atoms. The van der Waals surface area contributed by atoms with Gasteiger partial charge >= 0.3 is 0 Å². The molecule has 0 aliphatic rings. The van der Waals surface area contributed by atoms with Gasteiger partial charge in [0.2, 0.25) is 0 Å². The topological polar surface area (TPSA) is 34.1 Å². The Bertz CT molecular complexity index is 586. The lowest BCUT2D eigenvalue weighted by molar-refractivity contribution is 0.412. The zero-order valence-electron chi connectivity index (χ0n) is 12.0. The minimum Gasteiger partial charge on any atom is -0.497 e. The fourth-order valence-corrected chi connectivity index (χ4v) is 2.73. The molecule has 0 spiro atoms. The molecule has 0 aliphatic heterocycles. The fraction of sp³-hybridized carbons (Fsp3) is 0.312. The summed E-state index contributed by atoms with van der Waals surface area (Å²) in [6.45, 7) is 4.83. The van der Waals surface area contributed by atoms with E-state index in [1.165, 1.54) is 5.56 Å². The van der Waals surface area contributed by atoms with Gasteiger partial charge in [-0.1, -0.05) is 34.1 Å². The van der Waals surface area contributed by atoms with E-state index >= 15 is 0 Å². The second kappa shape index (κ2) is 6.86. The van der Waals surface area contributed by atoms with Gasteiger partial charge in [0.15, 0.2) is 0 Å². The molecule has 0 amide bonds. The number of hydrogen-bond donors (Lipinski definition) is 1. The lowest BCUT2D eigenvalue weighted by Crippen LogP contribution is -2.19. The molecular formula is C16H19BrN2O. The Labute approximate surface area is 128 Å². The van der Waals surface area contributed by atoms with Gasteiger partial charge in [-0.25, -0.2) is 0 Å². The third kappa shape index (κ3) is 3.81. The van der Waals surface area contributed by atoms with Gasteiger partial charge < -0.3 is 10.1 Å². The highest BCUT2D eigenvalue weighted by Gasteiger charge is 2.09. The van der Waals surface area contributed by atoms with Crippen LogP contribution in [0, 0.1) is 6.92 Å². The van der Waals surface area contributed by atoms with Crippen LogP contribution in [0.4, 0.5) is 0 Å². The van der Waals surface area contributed by atoms with Crippen LogP contribution in [0.2, 0.25) is 0 Å². The quantitative estimate of drug-likeness (QED) is 0.896. The number of aromatic nitrogens is 1. The van der Waals surface area contributed by atoms with Crippen molar-refractivity contribution >= 4 is 15.9 Å². The van der Waals surface area contributed by atoms with Gasteiger partial charge in [-0.3, -0.25) is 4.98 Å². The number of halogens is 1. The van der Waals surface area contributed by atoms with Crippen LogP contribution in [0.5, 0.6) is 5.75 Å². The van der Waals surface area contributed by atoms with E-state index < -0.39 is 0 Å². The maximum Gasteiger partial charge on any atom is 0.122 e. The number of rotatable bonds is 5. The van der Waals surface area contributed by atoms with E-state index in [0.717, 1.165) is 21.6 Å². The minimum absolute atomic E-state index is 0.249. The summed E-state index contributed by atoms with van der Waals surface area (Å²) >= 11 is 3.58. The first kappa shape index (κ1) is 15.0. The number of nitrogens with one attached hydrogen (secondary N) is 1. The van der Waals surface area contributed by atoms with Crippen molar-refractivity contribution in [2.75, 3.05) is 7.11 Å². The molecule has 1 atom stereocenters. The van der Waals surface area contributed by atoms with Crippen LogP contribution in [0.15, 0.2) is 40.9 Å². The molecule has 4 heteroatoms. The Morgan fingerprint density at radius 3 is 2.75 bits per heavy atom. The summed E-state index contributed by atoms with van der Waals surface area (Å²) < 4.78 is 6.39. The van der Waals surface area contributed by atoms with Crippen molar-refractivity contribution in [1.29, 1.82) is 0 Å². The van der Waals surface area contributed by atoms with Crippen LogP contribution in [0.25, 0.3) is 0 Å². The number of methoxy groups -OCH3 is 1. The first-order valence-electron chi connectivity index (χ1n) is 6.59. The average molecular weight is 335 g/mol. The molecule has 1 aromatic carbocycles. The molecule has 3 nitrogen and oxygen atoms in total. The lowest BCUT2D eigenvalue weighted by Gasteiger charge is -2.16. The molecule has 2 rings (SSSR count). The van der Waals surface area contributed by atoms with Crippen LogP contribution in [-0.2, 0) is 6.54 Å². The number of aryl methyl sites for hydroxylation is 1. The van der Waals surface area contributed by atoms with Crippen molar-refractivity contribution in [3.63, 3.8) is 0 Å². The van der Waals surface area contributed by atoms with Crippen LogP contribution in [0.1, 0.15) is 29.9 Å². The molecule has 0 aliphatic carbocycles. The molecule has 0 saturated carbocycles. The highest BCUT2D eigenvalue weighted by molar-refractivity contribution is 9.10. The van der Waals surface area contributed by atoms with E-state index in [4.69, 9.17) is 4.74 Å². The number of pyridine rings is 1. The van der Waals surface area contributed by atoms with Gasteiger partial charge in [0.25, 0.3) is 0 Å². The molecule has 0 radical (unpaired) electrons. The maximum absolute atomic E-state index is 5.27. The molecule has 1 aromatic heterocycles. The Morgan fingerprint density at radius 2 is 2.05 bits per heavy atom. The second-order valence-electron chi connectivity index (χ2n) is 4.76. The van der Waals surface area contributed by atoms with Crippen LogP contribution in [0.3, 0.4) is 0 Å². The number of nitrogens with zero attached hydrogens (tertiary/aromatic N) is 1. The summed E-state index contributed by atoms with van der Waals surface area (Å²) in [6, 6.07) is 12.4. The largest absolute Gasteiger partial charge is 0.497 e. The molecule has 0 unspecified atom stereocenters. The predicted octanol–water partition coefficient (Wildman–Crippen LogP) is 4.01. The van der Waals surface area contributed by atoms with Crippen molar-refractivity contribution in [1.82, 2.24) is 10.3 Å². The Hall–Kier alpha value is -1.39. The van der Waals surface area contributed by atoms with E-state index in [1.54, 1.807) is 7.11 Å². The van der Waals surface area contributed by atoms with Gasteiger partial charge in [0, 0.05) is 34.9 Å². The highest BCUT2D eigenvalue weighted by atomic mass is 79.9. The van der Waals surface area contributed by atoms with E-state index in [1.807, 2.05) is 31.2 Å². The summed E-state index contributed by atoms with van der Waals surface area (Å²) in [4.78, 5) is 4.52. The monoisotopic (exact) mass is 334 g/mol. The first-order valence-corrected chi connectivity index (χ1v) is 7.39. The number of benzene rings is 1. The van der Waals surface area contributed by atoms with Gasteiger partial charge in [-0.15, -0.1) is 0 Å². The lowest BCUT2D eigenvalue weighted by atomic mass is 10.1. The third-order valence-electron chi connectivity index (χ3n) is 3.18. The summed E-state index contributed by atoms with van der Waals surface area (Å²) in [5.41, 5.74) is 3.20. The molecule has 20 heavy (non-hydrogen) atoms. The normalized spacial score (nSPS) is 12.2. The fourth-order valence-electron chi connectivity index (χ4n) is 2.11. The van der Waals surface area contributed by atoms with Crippen LogP contribution in [-0.4, -0.2) is 12.1 Å². The molecule has 1 heterocycles. The molecule has 0 saturated heterocycles. The number of hydrogen-bond acceptors (Lipinski definition) is 3. The zero-order chi connectivity index (χ0) is 14.5. The molecule has 0 fully saturated rings. The summed E-state index contributed by atoms with van der Waals surface area (Å²) in [5, 5.41) is 3.49. The van der Waals surface area contributed by atoms with Crippen molar-refractivity contribution in [3.05, 3.63) is 57.8 Å². The van der Waals surface area contributed by atoms with Gasteiger partial charge in [-0.05, 0) is 25.5 Å².